The van der Waals surface area contributed by atoms with Crippen molar-refractivity contribution >= 4 is 11.6 Å². The van der Waals surface area contributed by atoms with E-state index in [4.69, 9.17) is 0 Å². The van der Waals surface area contributed by atoms with Gasteiger partial charge in [0.1, 0.15) is 11.9 Å². The largest absolute Gasteiger partial charge is 0.371 e. The zero-order chi connectivity index (χ0) is 14.6. The van der Waals surface area contributed by atoms with E-state index in [9.17, 15) is 9.18 Å². The molecule has 1 amide bonds. The van der Waals surface area contributed by atoms with E-state index in [0.717, 1.165) is 12.0 Å². The second-order valence-electron chi connectivity index (χ2n) is 5.52. The summed E-state index contributed by atoms with van der Waals surface area (Å²) in [6.07, 6.45) is 0.837. The summed E-state index contributed by atoms with van der Waals surface area (Å²) in [5, 5.41) is 5.88. The van der Waals surface area contributed by atoms with Crippen molar-refractivity contribution in [3.05, 3.63) is 29.6 Å². The first-order chi connectivity index (χ1) is 8.76. The van der Waals surface area contributed by atoms with Gasteiger partial charge >= 0.3 is 0 Å². The number of para-hydroxylation sites is 1. The Balaban J connectivity index is 2.75. The molecule has 0 aliphatic rings. The molecule has 0 aromatic heterocycles. The van der Waals surface area contributed by atoms with E-state index in [1.165, 1.54) is 6.07 Å². The van der Waals surface area contributed by atoms with E-state index < -0.39 is 6.04 Å². The topological polar surface area (TPSA) is 41.1 Å². The number of benzene rings is 1. The van der Waals surface area contributed by atoms with E-state index >= 15 is 0 Å². The predicted molar refractivity (Wildman–Crippen MR) is 76.7 cm³/mol. The lowest BCUT2D eigenvalue weighted by atomic mass is 10.0. The summed E-state index contributed by atoms with van der Waals surface area (Å²) in [5.41, 5.74) is 0.922. The Bertz CT molecular complexity index is 437. The zero-order valence-electron chi connectivity index (χ0n) is 12.3. The van der Waals surface area contributed by atoms with Crippen LogP contribution in [-0.4, -0.2) is 17.5 Å². The van der Waals surface area contributed by atoms with Crippen LogP contribution in [0, 0.1) is 12.7 Å². The maximum atomic E-state index is 13.7. The lowest BCUT2D eigenvalue weighted by Crippen LogP contribution is -2.48. The molecule has 0 radical (unpaired) electrons. The summed E-state index contributed by atoms with van der Waals surface area (Å²) in [6, 6.07) is 4.37. The van der Waals surface area contributed by atoms with Gasteiger partial charge in [-0.2, -0.15) is 0 Å². The Labute approximate surface area is 114 Å². The number of carbonyl (C=O) groups excluding carboxylic acids is 1. The van der Waals surface area contributed by atoms with Crippen LogP contribution in [-0.2, 0) is 4.79 Å². The zero-order valence-corrected chi connectivity index (χ0v) is 12.3. The van der Waals surface area contributed by atoms with E-state index in [2.05, 4.69) is 10.6 Å². The first-order valence-electron chi connectivity index (χ1n) is 6.60. The van der Waals surface area contributed by atoms with Gasteiger partial charge in [0.05, 0.1) is 5.69 Å². The number of hydrogen-bond acceptors (Lipinski definition) is 2. The van der Waals surface area contributed by atoms with Crippen LogP contribution < -0.4 is 10.6 Å². The van der Waals surface area contributed by atoms with Crippen LogP contribution in [0.4, 0.5) is 10.1 Å². The van der Waals surface area contributed by atoms with Crippen molar-refractivity contribution in [3.8, 4) is 0 Å². The van der Waals surface area contributed by atoms with Crippen LogP contribution >= 0.6 is 0 Å². The van der Waals surface area contributed by atoms with Crippen LogP contribution in [0.15, 0.2) is 18.2 Å². The second kappa shape index (κ2) is 6.04. The molecule has 19 heavy (non-hydrogen) atoms. The van der Waals surface area contributed by atoms with Crippen molar-refractivity contribution < 1.29 is 9.18 Å². The minimum atomic E-state index is -0.485. The van der Waals surface area contributed by atoms with Gasteiger partial charge in [0.2, 0.25) is 5.91 Å². The van der Waals surface area contributed by atoms with Crippen LogP contribution in [0.3, 0.4) is 0 Å². The van der Waals surface area contributed by atoms with E-state index in [1.807, 2.05) is 33.8 Å². The summed E-state index contributed by atoms with van der Waals surface area (Å²) < 4.78 is 13.7. The Morgan fingerprint density at radius 3 is 2.58 bits per heavy atom. The predicted octanol–water partition coefficient (Wildman–Crippen LogP) is 3.24. The van der Waals surface area contributed by atoms with E-state index in [1.54, 1.807) is 13.0 Å². The van der Waals surface area contributed by atoms with Crippen LogP contribution in [0.25, 0.3) is 0 Å². The molecule has 1 aromatic rings. The third-order valence-electron chi connectivity index (χ3n) is 3.32. The summed E-state index contributed by atoms with van der Waals surface area (Å²) in [6.45, 7) is 9.48. The first-order valence-corrected chi connectivity index (χ1v) is 6.60. The molecule has 1 rings (SSSR count). The average Bonchev–Trinajstić information content (AvgIpc) is 2.33. The van der Waals surface area contributed by atoms with Gasteiger partial charge in [0, 0.05) is 5.54 Å². The SMILES string of the molecule is CCC(C)(C)NC(=O)C(C)Nc1c(C)cccc1F. The molecule has 1 aromatic carbocycles. The minimum Gasteiger partial charge on any atom is -0.371 e. The summed E-state index contributed by atoms with van der Waals surface area (Å²) in [4.78, 5) is 12.0. The molecular weight excluding hydrogens is 243 g/mol. The van der Waals surface area contributed by atoms with E-state index in [0.29, 0.717) is 5.69 Å². The van der Waals surface area contributed by atoms with Crippen molar-refractivity contribution in [2.24, 2.45) is 0 Å². The number of amides is 1. The third-order valence-corrected chi connectivity index (χ3v) is 3.32. The molecule has 1 atom stereocenters. The Hall–Kier alpha value is -1.58. The number of aryl methyl sites for hydroxylation is 1. The highest BCUT2D eigenvalue weighted by atomic mass is 19.1. The summed E-state index contributed by atoms with van der Waals surface area (Å²) in [7, 11) is 0. The third kappa shape index (κ3) is 4.23. The normalized spacial score (nSPS) is 12.9. The molecule has 0 fully saturated rings. The second-order valence-corrected chi connectivity index (χ2v) is 5.52. The number of carbonyl (C=O) groups is 1. The number of nitrogens with one attached hydrogen (secondary N) is 2. The van der Waals surface area contributed by atoms with E-state index in [-0.39, 0.29) is 17.3 Å². The van der Waals surface area contributed by atoms with Gasteiger partial charge in [-0.25, -0.2) is 4.39 Å². The molecule has 0 saturated heterocycles. The summed E-state index contributed by atoms with van der Waals surface area (Å²) >= 11 is 0. The van der Waals surface area contributed by atoms with Gasteiger partial charge in [-0.3, -0.25) is 4.79 Å². The molecule has 0 heterocycles. The molecule has 0 aliphatic carbocycles. The van der Waals surface area contributed by atoms with Crippen molar-refractivity contribution in [1.82, 2.24) is 5.32 Å². The molecule has 1 unspecified atom stereocenters. The van der Waals surface area contributed by atoms with Gasteiger partial charge in [-0.15, -0.1) is 0 Å². The molecule has 4 heteroatoms. The highest BCUT2D eigenvalue weighted by molar-refractivity contribution is 5.85. The number of anilines is 1. The minimum absolute atomic E-state index is 0.130. The first kappa shape index (κ1) is 15.5. The van der Waals surface area contributed by atoms with Gasteiger partial charge in [0.15, 0.2) is 0 Å². The Kier molecular flexibility index (Phi) is 4.92. The maximum absolute atomic E-state index is 13.7. The van der Waals surface area contributed by atoms with Crippen molar-refractivity contribution in [1.29, 1.82) is 0 Å². The highest BCUT2D eigenvalue weighted by Gasteiger charge is 2.22. The molecule has 2 N–H and O–H groups in total. The molecular formula is C15H23FN2O. The highest BCUT2D eigenvalue weighted by Crippen LogP contribution is 2.19. The van der Waals surface area contributed by atoms with Gasteiger partial charge in [-0.1, -0.05) is 19.1 Å². The average molecular weight is 266 g/mol. The molecule has 0 aliphatic heterocycles. The lowest BCUT2D eigenvalue weighted by Gasteiger charge is -2.27. The van der Waals surface area contributed by atoms with Crippen molar-refractivity contribution in [2.75, 3.05) is 5.32 Å². The van der Waals surface area contributed by atoms with Gasteiger partial charge < -0.3 is 10.6 Å². The molecule has 0 bridgehead atoms. The molecule has 0 spiro atoms. The molecule has 106 valence electrons. The quantitative estimate of drug-likeness (QED) is 0.859. The molecule has 3 nitrogen and oxygen atoms in total. The fourth-order valence-electron chi connectivity index (χ4n) is 1.63. The fourth-order valence-corrected chi connectivity index (χ4v) is 1.63. The van der Waals surface area contributed by atoms with Gasteiger partial charge in [-0.05, 0) is 45.7 Å². The number of rotatable bonds is 5. The maximum Gasteiger partial charge on any atom is 0.242 e. The van der Waals surface area contributed by atoms with Crippen molar-refractivity contribution in [3.63, 3.8) is 0 Å². The lowest BCUT2D eigenvalue weighted by molar-refractivity contribution is -0.123. The monoisotopic (exact) mass is 266 g/mol. The number of halogens is 1. The van der Waals surface area contributed by atoms with Crippen LogP contribution in [0.1, 0.15) is 39.7 Å². The Morgan fingerprint density at radius 1 is 1.42 bits per heavy atom. The summed E-state index contributed by atoms with van der Waals surface area (Å²) in [5.74, 6) is -0.469. The van der Waals surface area contributed by atoms with Crippen LogP contribution in [0.5, 0.6) is 0 Å². The molecule has 0 saturated carbocycles. The Morgan fingerprint density at radius 2 is 2.05 bits per heavy atom. The smallest absolute Gasteiger partial charge is 0.242 e. The number of hydrogen-bond donors (Lipinski definition) is 2. The van der Waals surface area contributed by atoms with Crippen molar-refractivity contribution in [2.45, 2.75) is 52.6 Å². The van der Waals surface area contributed by atoms with Crippen LogP contribution in [0.2, 0.25) is 0 Å². The fraction of sp³-hybridized carbons (Fsp3) is 0.533. The van der Waals surface area contributed by atoms with Gasteiger partial charge in [0.25, 0.3) is 0 Å². The standard InChI is InChI=1S/C15H23FN2O/c1-6-15(4,5)18-14(19)11(3)17-13-10(2)8-7-9-12(13)16/h7-9,11,17H,6H2,1-5H3,(H,18,19).